The molecule has 10 heteroatoms. The molecule has 2 unspecified atom stereocenters. The highest BCUT2D eigenvalue weighted by molar-refractivity contribution is 5.90. The van der Waals surface area contributed by atoms with Crippen molar-refractivity contribution in [2.24, 2.45) is 5.92 Å². The summed E-state index contributed by atoms with van der Waals surface area (Å²) in [6.45, 7) is 0. The Bertz CT molecular complexity index is 1690. The number of carbonyl (C=O) groups is 1. The lowest BCUT2D eigenvalue weighted by Crippen LogP contribution is -2.41. The second-order valence-corrected chi connectivity index (χ2v) is 9.11. The third kappa shape index (κ3) is 5.99. The fourth-order valence-electron chi connectivity index (χ4n) is 4.65. The first kappa shape index (κ1) is 29.5. The van der Waals surface area contributed by atoms with Crippen molar-refractivity contribution in [3.8, 4) is 35.2 Å². The number of aliphatic carboxylic acids is 1. The van der Waals surface area contributed by atoms with Crippen LogP contribution in [0.5, 0.6) is 11.5 Å². The number of carboxylic acids is 1. The molecule has 2 aromatic carbocycles. The first-order valence-corrected chi connectivity index (χ1v) is 12.7. The van der Waals surface area contributed by atoms with Gasteiger partial charge in [0.1, 0.15) is 28.7 Å². The Labute approximate surface area is 244 Å². The molecule has 0 fully saturated rings. The molecule has 214 valence electrons. The Kier molecular flexibility index (Phi) is 9.01. The molecular formula is C32H30N4O6. The van der Waals surface area contributed by atoms with Crippen molar-refractivity contribution in [2.75, 3.05) is 39.9 Å². The molecule has 1 heterocycles. The number of nitrogens with zero attached hydrogens (tertiary/aromatic N) is 2. The number of carboxylic acid groups (broad SMARTS) is 1. The van der Waals surface area contributed by atoms with E-state index in [4.69, 9.17) is 30.4 Å². The highest BCUT2D eigenvalue weighted by Gasteiger charge is 2.45. The lowest BCUT2D eigenvalue weighted by Gasteiger charge is -2.37. The molecule has 0 radical (unpaired) electrons. The van der Waals surface area contributed by atoms with Crippen molar-refractivity contribution in [1.29, 1.82) is 0 Å². The second-order valence-electron chi connectivity index (χ2n) is 9.11. The van der Waals surface area contributed by atoms with Crippen molar-refractivity contribution in [3.63, 3.8) is 0 Å². The summed E-state index contributed by atoms with van der Waals surface area (Å²) in [5.41, 5.74) is 12.3. The van der Waals surface area contributed by atoms with Crippen molar-refractivity contribution in [1.82, 2.24) is 9.97 Å². The van der Waals surface area contributed by atoms with Gasteiger partial charge in [0, 0.05) is 25.3 Å². The largest absolute Gasteiger partial charge is 0.497 e. The van der Waals surface area contributed by atoms with E-state index in [0.717, 1.165) is 0 Å². The van der Waals surface area contributed by atoms with Gasteiger partial charge in [-0.05, 0) is 30.3 Å². The highest BCUT2D eigenvalue weighted by Crippen LogP contribution is 2.41. The smallest absolute Gasteiger partial charge is 0.333 e. The molecule has 1 aliphatic carbocycles. The van der Waals surface area contributed by atoms with E-state index in [0.29, 0.717) is 33.8 Å². The maximum atomic E-state index is 12.8. The van der Waals surface area contributed by atoms with Gasteiger partial charge in [-0.15, -0.1) is 0 Å². The summed E-state index contributed by atoms with van der Waals surface area (Å²) < 4.78 is 22.8. The lowest BCUT2D eigenvalue weighted by atomic mass is 9.76. The number of hydrogen-bond donors (Lipinski definition) is 3. The normalized spacial score (nSPS) is 17.6. The van der Waals surface area contributed by atoms with Gasteiger partial charge in [-0.1, -0.05) is 47.9 Å². The predicted molar refractivity (Wildman–Crippen MR) is 157 cm³/mol. The molecular weight excluding hydrogens is 536 g/mol. The van der Waals surface area contributed by atoms with Gasteiger partial charge in [0.2, 0.25) is 5.95 Å². The molecule has 0 saturated carbocycles. The first-order chi connectivity index (χ1) is 20.3. The van der Waals surface area contributed by atoms with Crippen LogP contribution in [-0.4, -0.2) is 55.1 Å². The number of nitrogens with two attached hydrogens (primary N) is 2. The molecule has 10 nitrogen and oxygen atoms in total. The van der Waals surface area contributed by atoms with Crippen molar-refractivity contribution >= 4 is 17.7 Å². The number of rotatable bonds is 7. The third-order valence-electron chi connectivity index (χ3n) is 6.70. The molecule has 3 aromatic rings. The summed E-state index contributed by atoms with van der Waals surface area (Å²) in [7, 11) is 5.98. The van der Waals surface area contributed by atoms with Crippen molar-refractivity contribution in [2.45, 2.75) is 12.0 Å². The number of benzene rings is 2. The lowest BCUT2D eigenvalue weighted by molar-refractivity contribution is -0.133. The Morgan fingerprint density at radius 1 is 0.929 bits per heavy atom. The number of anilines is 2. The molecule has 2 atom stereocenters. The van der Waals surface area contributed by atoms with Crippen LogP contribution in [0.25, 0.3) is 0 Å². The summed E-state index contributed by atoms with van der Waals surface area (Å²) in [6, 6.07) is 14.4. The van der Waals surface area contributed by atoms with Gasteiger partial charge >= 0.3 is 5.97 Å². The molecule has 0 aliphatic heterocycles. The number of para-hydroxylation sites is 2. The van der Waals surface area contributed by atoms with Crippen LogP contribution in [0, 0.1) is 29.6 Å². The van der Waals surface area contributed by atoms with E-state index < -0.39 is 17.5 Å². The summed E-state index contributed by atoms with van der Waals surface area (Å²) in [5.74, 6) is 11.7. The molecule has 1 aliphatic rings. The van der Waals surface area contributed by atoms with Gasteiger partial charge in [0.25, 0.3) is 0 Å². The monoisotopic (exact) mass is 566 g/mol. The molecule has 0 amide bonds. The third-order valence-corrected chi connectivity index (χ3v) is 6.70. The second kappa shape index (κ2) is 12.8. The zero-order valence-corrected chi connectivity index (χ0v) is 23.6. The van der Waals surface area contributed by atoms with Crippen LogP contribution in [0.4, 0.5) is 11.8 Å². The van der Waals surface area contributed by atoms with Crippen LogP contribution in [0.3, 0.4) is 0 Å². The molecule has 42 heavy (non-hydrogen) atoms. The molecule has 0 spiro atoms. The minimum atomic E-state index is -1.44. The topological polar surface area (TPSA) is 152 Å². The number of methoxy groups -OCH3 is 4. The van der Waals surface area contributed by atoms with Crippen LogP contribution in [-0.2, 0) is 20.7 Å². The Balaban J connectivity index is 1.99. The SMILES string of the molecule is COC1=C(C#Cc2ccccc2OC)C(C#Cc2ccccc2OC)C(C(=O)O)=CC1(Cc1cnc(N)nc1N)OC. The van der Waals surface area contributed by atoms with E-state index in [-0.39, 0.29) is 29.5 Å². The molecule has 0 saturated heterocycles. The van der Waals surface area contributed by atoms with E-state index in [9.17, 15) is 9.90 Å². The van der Waals surface area contributed by atoms with Gasteiger partial charge < -0.3 is 35.5 Å². The summed E-state index contributed by atoms with van der Waals surface area (Å²) in [4.78, 5) is 20.9. The van der Waals surface area contributed by atoms with E-state index in [2.05, 4.69) is 33.6 Å². The standard InChI is InChI=1S/C32H30N4O6/c1-39-26-11-7-5-9-20(26)13-15-23-24(16-14-21-10-6-8-12-27(21)40-2)28(41-3)32(42-4,18-25(23)30(37)38)17-22-19-35-31(34)36-29(22)33/h5-12,18-19,23H,17H2,1-4H3,(H,37,38)(H4,33,34,35,36). The number of aromatic nitrogens is 2. The maximum Gasteiger partial charge on any atom is 0.333 e. The van der Waals surface area contributed by atoms with E-state index in [1.807, 2.05) is 24.3 Å². The average molecular weight is 567 g/mol. The minimum absolute atomic E-state index is 0.00526. The van der Waals surface area contributed by atoms with Crippen LogP contribution in [0.2, 0.25) is 0 Å². The van der Waals surface area contributed by atoms with Crippen molar-refractivity contribution in [3.05, 3.63) is 94.4 Å². The Hall–Kier alpha value is -5.45. The Morgan fingerprint density at radius 2 is 1.55 bits per heavy atom. The molecule has 5 N–H and O–H groups in total. The summed E-state index contributed by atoms with van der Waals surface area (Å²) >= 11 is 0. The van der Waals surface area contributed by atoms with Gasteiger partial charge in [-0.2, -0.15) is 4.98 Å². The Morgan fingerprint density at radius 3 is 2.10 bits per heavy atom. The molecule has 0 bridgehead atoms. The van der Waals surface area contributed by atoms with Gasteiger partial charge in [0.15, 0.2) is 0 Å². The quantitative estimate of drug-likeness (QED) is 0.364. The number of nitrogen functional groups attached to an aromatic ring is 2. The summed E-state index contributed by atoms with van der Waals surface area (Å²) in [6.07, 6.45) is 2.97. The maximum absolute atomic E-state index is 12.8. The van der Waals surface area contributed by atoms with Crippen LogP contribution in [0.1, 0.15) is 16.7 Å². The van der Waals surface area contributed by atoms with E-state index in [1.54, 1.807) is 31.4 Å². The zero-order chi connectivity index (χ0) is 30.3. The van der Waals surface area contributed by atoms with E-state index in [1.165, 1.54) is 33.6 Å². The molecule has 4 rings (SSSR count). The van der Waals surface area contributed by atoms with E-state index >= 15 is 0 Å². The van der Waals surface area contributed by atoms with Gasteiger partial charge in [-0.3, -0.25) is 0 Å². The average Bonchev–Trinajstić information content (AvgIpc) is 3.00. The zero-order valence-electron chi connectivity index (χ0n) is 23.6. The first-order valence-electron chi connectivity index (χ1n) is 12.7. The van der Waals surface area contributed by atoms with Crippen molar-refractivity contribution < 1.29 is 28.8 Å². The highest BCUT2D eigenvalue weighted by atomic mass is 16.5. The predicted octanol–water partition coefficient (Wildman–Crippen LogP) is 3.23. The summed E-state index contributed by atoms with van der Waals surface area (Å²) in [5, 5.41) is 10.4. The van der Waals surface area contributed by atoms with Crippen LogP contribution in [0.15, 0.2) is 77.7 Å². The fraction of sp³-hybridized carbons (Fsp3) is 0.219. The van der Waals surface area contributed by atoms with Crippen LogP contribution >= 0.6 is 0 Å². The molecule has 1 aromatic heterocycles. The van der Waals surface area contributed by atoms with Gasteiger partial charge in [0.05, 0.1) is 49.5 Å². The minimum Gasteiger partial charge on any atom is -0.497 e. The van der Waals surface area contributed by atoms with Gasteiger partial charge in [-0.25, -0.2) is 9.78 Å². The number of allylic oxidation sites excluding steroid dienone is 1. The fourth-order valence-corrected chi connectivity index (χ4v) is 4.65. The number of ether oxygens (including phenoxy) is 4. The number of hydrogen-bond acceptors (Lipinski definition) is 9. The van der Waals surface area contributed by atoms with Crippen LogP contribution < -0.4 is 20.9 Å².